The molecule has 6 nitrogen and oxygen atoms in total. The molecular weight excluding hydrogens is 456 g/mol. The van der Waals surface area contributed by atoms with Gasteiger partial charge in [0, 0.05) is 17.5 Å². The third kappa shape index (κ3) is 7.23. The zero-order valence-corrected chi connectivity index (χ0v) is 22.1. The molecule has 0 aliphatic carbocycles. The lowest BCUT2D eigenvalue weighted by molar-refractivity contribution is -0.154. The number of rotatable bonds is 10. The van der Waals surface area contributed by atoms with E-state index in [1.807, 2.05) is 82.3 Å². The molecule has 192 valence electrons. The Morgan fingerprint density at radius 3 is 2.22 bits per heavy atom. The number of unbranched alkanes of at least 4 members (excludes halogenated alkanes) is 1. The molecule has 1 unspecified atom stereocenters. The predicted octanol–water partition coefficient (Wildman–Crippen LogP) is 7.38. The normalized spacial score (nSPS) is 12.2. The van der Waals surface area contributed by atoms with E-state index in [4.69, 9.17) is 18.6 Å². The number of hydrogen-bond acceptors (Lipinski definition) is 6. The van der Waals surface area contributed by atoms with Gasteiger partial charge in [-0.2, -0.15) is 0 Å². The van der Waals surface area contributed by atoms with Crippen LogP contribution in [0.15, 0.2) is 59.0 Å². The highest BCUT2D eigenvalue weighted by molar-refractivity contribution is 6.02. The van der Waals surface area contributed by atoms with E-state index in [1.165, 1.54) is 0 Å². The second kappa shape index (κ2) is 11.9. The quantitative estimate of drug-likeness (QED) is 0.217. The lowest BCUT2D eigenvalue weighted by Crippen LogP contribution is -2.23. The Labute approximate surface area is 213 Å². The van der Waals surface area contributed by atoms with Crippen molar-refractivity contribution >= 4 is 11.9 Å². The number of furan rings is 1. The average Bonchev–Trinajstić information content (AvgIpc) is 3.18. The van der Waals surface area contributed by atoms with Gasteiger partial charge < -0.3 is 18.6 Å². The molecule has 36 heavy (non-hydrogen) atoms. The van der Waals surface area contributed by atoms with Crippen molar-refractivity contribution in [1.29, 1.82) is 0 Å². The van der Waals surface area contributed by atoms with Crippen LogP contribution in [0.2, 0.25) is 0 Å². The van der Waals surface area contributed by atoms with Crippen molar-refractivity contribution in [2.75, 3.05) is 7.11 Å². The molecule has 0 spiro atoms. The number of aryl methyl sites for hydroxylation is 1. The Morgan fingerprint density at radius 1 is 0.944 bits per heavy atom. The van der Waals surface area contributed by atoms with Gasteiger partial charge >= 0.3 is 11.9 Å². The molecule has 3 rings (SSSR count). The summed E-state index contributed by atoms with van der Waals surface area (Å²) >= 11 is 0. The molecule has 1 aromatic heterocycles. The van der Waals surface area contributed by atoms with Crippen molar-refractivity contribution in [3.05, 3.63) is 65.9 Å². The Morgan fingerprint density at radius 2 is 1.61 bits per heavy atom. The molecule has 0 saturated carbocycles. The van der Waals surface area contributed by atoms with Gasteiger partial charge in [0.1, 0.15) is 28.4 Å². The molecule has 1 heterocycles. The summed E-state index contributed by atoms with van der Waals surface area (Å²) in [5.74, 6) is 1.21. The van der Waals surface area contributed by atoms with Crippen LogP contribution in [0.3, 0.4) is 0 Å². The molecule has 0 fully saturated rings. The zero-order valence-electron chi connectivity index (χ0n) is 22.1. The monoisotopic (exact) mass is 492 g/mol. The molecule has 0 aliphatic heterocycles. The fourth-order valence-electron chi connectivity index (χ4n) is 4.01. The second-order valence-corrected chi connectivity index (χ2v) is 9.88. The molecule has 3 aromatic rings. The zero-order chi connectivity index (χ0) is 26.3. The molecule has 0 N–H and O–H groups in total. The van der Waals surface area contributed by atoms with Crippen LogP contribution in [-0.2, 0) is 14.3 Å². The van der Waals surface area contributed by atoms with E-state index < -0.39 is 11.6 Å². The first kappa shape index (κ1) is 27.1. The SMILES string of the molecule is COc1ccc(-c2c(-c3ccccc3)oc(C)c2C(=O)OC(C)CCCCC(=O)OC(C)(C)C)cc1. The Bertz CT molecular complexity index is 1150. The molecule has 0 amide bonds. The van der Waals surface area contributed by atoms with Crippen LogP contribution in [-0.4, -0.2) is 30.8 Å². The number of carbonyl (C=O) groups excluding carboxylic acids is 2. The minimum absolute atomic E-state index is 0.209. The third-order valence-corrected chi connectivity index (χ3v) is 5.67. The van der Waals surface area contributed by atoms with Crippen LogP contribution < -0.4 is 4.74 Å². The summed E-state index contributed by atoms with van der Waals surface area (Å²) < 4.78 is 22.6. The summed E-state index contributed by atoms with van der Waals surface area (Å²) in [7, 11) is 1.62. The molecular formula is C30H36O6. The minimum atomic E-state index is -0.484. The highest BCUT2D eigenvalue weighted by Crippen LogP contribution is 2.40. The predicted molar refractivity (Wildman–Crippen MR) is 140 cm³/mol. The van der Waals surface area contributed by atoms with Crippen molar-refractivity contribution in [2.24, 2.45) is 0 Å². The van der Waals surface area contributed by atoms with E-state index in [9.17, 15) is 9.59 Å². The van der Waals surface area contributed by atoms with E-state index in [0.29, 0.717) is 41.9 Å². The molecule has 1 atom stereocenters. The van der Waals surface area contributed by atoms with E-state index in [-0.39, 0.29) is 12.1 Å². The number of hydrogen-bond donors (Lipinski definition) is 0. The fraction of sp³-hybridized carbons (Fsp3) is 0.400. The molecule has 2 aromatic carbocycles. The van der Waals surface area contributed by atoms with Crippen molar-refractivity contribution < 1.29 is 28.2 Å². The number of ether oxygens (including phenoxy) is 3. The first-order valence-corrected chi connectivity index (χ1v) is 12.3. The Hall–Kier alpha value is -3.54. The van der Waals surface area contributed by atoms with Crippen LogP contribution in [0.5, 0.6) is 5.75 Å². The van der Waals surface area contributed by atoms with Crippen LogP contribution >= 0.6 is 0 Å². The van der Waals surface area contributed by atoms with E-state index in [0.717, 1.165) is 23.3 Å². The number of methoxy groups -OCH3 is 1. The maximum absolute atomic E-state index is 13.4. The van der Waals surface area contributed by atoms with Crippen LogP contribution in [0.25, 0.3) is 22.5 Å². The lowest BCUT2D eigenvalue weighted by Gasteiger charge is -2.19. The van der Waals surface area contributed by atoms with Crippen LogP contribution in [0, 0.1) is 6.92 Å². The number of esters is 2. The highest BCUT2D eigenvalue weighted by atomic mass is 16.6. The van der Waals surface area contributed by atoms with Gasteiger partial charge in [0.05, 0.1) is 13.2 Å². The van der Waals surface area contributed by atoms with Gasteiger partial charge in [-0.1, -0.05) is 42.5 Å². The summed E-state index contributed by atoms with van der Waals surface area (Å²) in [4.78, 5) is 25.3. The maximum Gasteiger partial charge on any atom is 0.342 e. The third-order valence-electron chi connectivity index (χ3n) is 5.67. The van der Waals surface area contributed by atoms with Crippen LogP contribution in [0.4, 0.5) is 0 Å². The van der Waals surface area contributed by atoms with Gasteiger partial charge in [-0.15, -0.1) is 0 Å². The van der Waals surface area contributed by atoms with Gasteiger partial charge in [0.25, 0.3) is 0 Å². The Balaban J connectivity index is 1.75. The fourth-order valence-corrected chi connectivity index (χ4v) is 4.01. The van der Waals surface area contributed by atoms with E-state index in [2.05, 4.69) is 0 Å². The Kier molecular flexibility index (Phi) is 8.97. The van der Waals surface area contributed by atoms with Gasteiger partial charge in [0.2, 0.25) is 0 Å². The molecule has 0 saturated heterocycles. The summed E-state index contributed by atoms with van der Waals surface area (Å²) in [5, 5.41) is 0. The minimum Gasteiger partial charge on any atom is -0.497 e. The van der Waals surface area contributed by atoms with Crippen LogP contribution in [0.1, 0.15) is 69.5 Å². The lowest BCUT2D eigenvalue weighted by atomic mass is 9.97. The van der Waals surface area contributed by atoms with E-state index in [1.54, 1.807) is 14.0 Å². The van der Waals surface area contributed by atoms with Gasteiger partial charge in [-0.05, 0) is 71.6 Å². The standard InChI is InChI=1S/C30H36O6/c1-20(12-10-11-15-25(31)36-30(3,4)5)34-29(32)26-21(2)35-28(23-13-8-7-9-14-23)27(26)22-16-18-24(33-6)19-17-22/h7-9,13-14,16-20H,10-12,15H2,1-6H3. The first-order valence-electron chi connectivity index (χ1n) is 12.3. The summed E-state index contributed by atoms with van der Waals surface area (Å²) in [6.45, 7) is 9.21. The van der Waals surface area contributed by atoms with Crippen molar-refractivity contribution in [2.45, 2.75) is 72.0 Å². The molecule has 0 radical (unpaired) electrons. The smallest absolute Gasteiger partial charge is 0.342 e. The van der Waals surface area contributed by atoms with Gasteiger partial charge in [-0.3, -0.25) is 4.79 Å². The summed E-state index contributed by atoms with van der Waals surface area (Å²) in [6.07, 6.45) is 2.11. The maximum atomic E-state index is 13.4. The summed E-state index contributed by atoms with van der Waals surface area (Å²) in [5.41, 5.74) is 2.34. The number of carbonyl (C=O) groups is 2. The topological polar surface area (TPSA) is 75.0 Å². The molecule has 0 bridgehead atoms. The highest BCUT2D eigenvalue weighted by Gasteiger charge is 2.27. The summed E-state index contributed by atoms with van der Waals surface area (Å²) in [6, 6.07) is 17.2. The first-order chi connectivity index (χ1) is 17.1. The van der Waals surface area contributed by atoms with Crippen molar-refractivity contribution in [3.63, 3.8) is 0 Å². The van der Waals surface area contributed by atoms with Crippen molar-refractivity contribution in [1.82, 2.24) is 0 Å². The van der Waals surface area contributed by atoms with E-state index >= 15 is 0 Å². The largest absolute Gasteiger partial charge is 0.497 e. The van der Waals surface area contributed by atoms with Gasteiger partial charge in [-0.25, -0.2) is 4.79 Å². The average molecular weight is 493 g/mol. The van der Waals surface area contributed by atoms with Crippen molar-refractivity contribution in [3.8, 4) is 28.2 Å². The van der Waals surface area contributed by atoms with Gasteiger partial charge in [0.15, 0.2) is 0 Å². The molecule has 0 aliphatic rings. The number of benzene rings is 2. The second-order valence-electron chi connectivity index (χ2n) is 9.88. The molecule has 6 heteroatoms.